The predicted molar refractivity (Wildman–Crippen MR) is 73.9 cm³/mol. The summed E-state index contributed by atoms with van der Waals surface area (Å²) < 4.78 is 5.32. The van der Waals surface area contributed by atoms with Crippen LogP contribution in [-0.2, 0) is 4.74 Å². The minimum atomic E-state index is -0.206. The molecule has 0 spiro atoms. The molecule has 0 heterocycles. The lowest BCUT2D eigenvalue weighted by atomic mass is 10.2. The Hall–Kier alpha value is -1.26. The van der Waals surface area contributed by atoms with Gasteiger partial charge in [0.25, 0.3) is 5.91 Å². The summed E-state index contributed by atoms with van der Waals surface area (Å²) in [5.74, 6) is -0.206. The summed E-state index contributed by atoms with van der Waals surface area (Å²) in [6.45, 7) is 4.03. The lowest BCUT2D eigenvalue weighted by Crippen LogP contribution is -2.25. The highest BCUT2D eigenvalue weighted by Crippen LogP contribution is 2.22. The van der Waals surface area contributed by atoms with Gasteiger partial charge in [0.1, 0.15) is 0 Å². The second-order valence-corrected chi connectivity index (χ2v) is 4.31. The summed E-state index contributed by atoms with van der Waals surface area (Å²) in [5.41, 5.74) is 6.46. The second-order valence-electron chi connectivity index (χ2n) is 3.93. The maximum absolute atomic E-state index is 11.8. The number of benzene rings is 1. The van der Waals surface area contributed by atoms with E-state index in [0.717, 1.165) is 19.4 Å². The lowest BCUT2D eigenvalue weighted by molar-refractivity contribution is 0.0941. The molecule has 1 aromatic rings. The summed E-state index contributed by atoms with van der Waals surface area (Å²) in [6, 6.07) is 5.03. The van der Waals surface area contributed by atoms with Gasteiger partial charge in [0, 0.05) is 19.8 Å². The molecule has 0 saturated heterocycles. The van der Waals surface area contributed by atoms with Gasteiger partial charge in [-0.15, -0.1) is 0 Å². The van der Waals surface area contributed by atoms with Crippen molar-refractivity contribution in [2.45, 2.75) is 19.8 Å². The van der Waals surface area contributed by atoms with Crippen LogP contribution < -0.4 is 11.1 Å². The molecular formula is C13H19ClN2O2. The Labute approximate surface area is 112 Å². The molecule has 0 bridgehead atoms. The molecular weight excluding hydrogens is 252 g/mol. The van der Waals surface area contributed by atoms with E-state index in [1.54, 1.807) is 18.2 Å². The molecule has 0 atom stereocenters. The van der Waals surface area contributed by atoms with Crippen LogP contribution in [0.15, 0.2) is 18.2 Å². The van der Waals surface area contributed by atoms with Crippen molar-refractivity contribution in [3.63, 3.8) is 0 Å². The van der Waals surface area contributed by atoms with Crippen molar-refractivity contribution in [1.82, 2.24) is 5.32 Å². The van der Waals surface area contributed by atoms with Crippen molar-refractivity contribution in [2.24, 2.45) is 0 Å². The average Bonchev–Trinajstić information content (AvgIpc) is 2.36. The number of halogens is 1. The van der Waals surface area contributed by atoms with E-state index in [4.69, 9.17) is 22.1 Å². The molecule has 100 valence electrons. The van der Waals surface area contributed by atoms with Crippen LogP contribution in [0.2, 0.25) is 5.02 Å². The topological polar surface area (TPSA) is 64.3 Å². The quantitative estimate of drug-likeness (QED) is 0.591. The third-order valence-electron chi connectivity index (χ3n) is 2.37. The van der Waals surface area contributed by atoms with Crippen LogP contribution in [0.1, 0.15) is 30.1 Å². The number of carbonyl (C=O) groups is 1. The number of nitrogen functional groups attached to an aromatic ring is 1. The first-order valence-corrected chi connectivity index (χ1v) is 6.44. The molecule has 0 aromatic heterocycles. The van der Waals surface area contributed by atoms with Crippen LogP contribution in [0.5, 0.6) is 0 Å². The predicted octanol–water partition coefficient (Wildman–Crippen LogP) is 2.47. The molecule has 1 rings (SSSR count). The fourth-order valence-electron chi connectivity index (χ4n) is 1.44. The number of nitrogens with two attached hydrogens (primary N) is 1. The van der Waals surface area contributed by atoms with Crippen molar-refractivity contribution in [1.29, 1.82) is 0 Å². The van der Waals surface area contributed by atoms with E-state index < -0.39 is 0 Å². The zero-order chi connectivity index (χ0) is 13.4. The fourth-order valence-corrected chi connectivity index (χ4v) is 1.65. The van der Waals surface area contributed by atoms with E-state index in [9.17, 15) is 4.79 Å². The Morgan fingerprint density at radius 3 is 2.94 bits per heavy atom. The number of hydrogen-bond donors (Lipinski definition) is 2. The number of hydrogen-bond acceptors (Lipinski definition) is 3. The molecule has 1 aromatic carbocycles. The smallest absolute Gasteiger partial charge is 0.252 e. The van der Waals surface area contributed by atoms with Gasteiger partial charge in [0.15, 0.2) is 0 Å². The Balaban J connectivity index is 2.35. The van der Waals surface area contributed by atoms with Gasteiger partial charge in [-0.05, 0) is 25.0 Å². The Bertz CT molecular complexity index is 397. The number of ether oxygens (including phenoxy) is 1. The van der Waals surface area contributed by atoms with E-state index in [1.165, 1.54) is 0 Å². The number of amides is 1. The van der Waals surface area contributed by atoms with Gasteiger partial charge >= 0.3 is 0 Å². The van der Waals surface area contributed by atoms with Gasteiger partial charge in [0.05, 0.1) is 16.3 Å². The highest BCUT2D eigenvalue weighted by Gasteiger charge is 2.11. The van der Waals surface area contributed by atoms with E-state index in [0.29, 0.717) is 29.4 Å². The summed E-state index contributed by atoms with van der Waals surface area (Å²) in [6.07, 6.45) is 1.79. The van der Waals surface area contributed by atoms with Crippen molar-refractivity contribution in [3.05, 3.63) is 28.8 Å². The summed E-state index contributed by atoms with van der Waals surface area (Å²) in [5, 5.41) is 3.09. The Kier molecular flexibility index (Phi) is 6.54. The van der Waals surface area contributed by atoms with Gasteiger partial charge in [-0.25, -0.2) is 0 Å². The largest absolute Gasteiger partial charge is 0.398 e. The van der Waals surface area contributed by atoms with Gasteiger partial charge in [-0.3, -0.25) is 4.79 Å². The highest BCUT2D eigenvalue weighted by molar-refractivity contribution is 6.36. The second kappa shape index (κ2) is 7.95. The van der Waals surface area contributed by atoms with Crippen LogP contribution in [0.3, 0.4) is 0 Å². The minimum Gasteiger partial charge on any atom is -0.398 e. The summed E-state index contributed by atoms with van der Waals surface area (Å²) in [4.78, 5) is 11.8. The van der Waals surface area contributed by atoms with Crippen molar-refractivity contribution in [2.75, 3.05) is 25.5 Å². The standard InChI is InChI=1S/C13H19ClN2O2/c1-2-8-18-9-4-7-16-13(17)10-5-3-6-11(15)12(10)14/h3,5-6H,2,4,7-9,15H2,1H3,(H,16,17). The molecule has 3 N–H and O–H groups in total. The fraction of sp³-hybridized carbons (Fsp3) is 0.462. The molecule has 0 radical (unpaired) electrons. The number of anilines is 1. The summed E-state index contributed by atoms with van der Waals surface area (Å²) >= 11 is 5.96. The highest BCUT2D eigenvalue weighted by atomic mass is 35.5. The third kappa shape index (κ3) is 4.55. The SMILES string of the molecule is CCCOCCCNC(=O)c1cccc(N)c1Cl. The molecule has 18 heavy (non-hydrogen) atoms. The first kappa shape index (κ1) is 14.8. The maximum Gasteiger partial charge on any atom is 0.252 e. The molecule has 5 heteroatoms. The molecule has 0 aliphatic heterocycles. The maximum atomic E-state index is 11.8. The molecule has 4 nitrogen and oxygen atoms in total. The van der Waals surface area contributed by atoms with Crippen molar-refractivity contribution in [3.8, 4) is 0 Å². The van der Waals surface area contributed by atoms with E-state index in [-0.39, 0.29) is 5.91 Å². The van der Waals surface area contributed by atoms with Crippen LogP contribution in [0.25, 0.3) is 0 Å². The van der Waals surface area contributed by atoms with Gasteiger partial charge in [-0.2, -0.15) is 0 Å². The van der Waals surface area contributed by atoms with Crippen LogP contribution in [0.4, 0.5) is 5.69 Å². The van der Waals surface area contributed by atoms with Crippen molar-refractivity contribution < 1.29 is 9.53 Å². The summed E-state index contributed by atoms with van der Waals surface area (Å²) in [7, 11) is 0. The normalized spacial score (nSPS) is 10.3. The van der Waals surface area contributed by atoms with E-state index >= 15 is 0 Å². The van der Waals surface area contributed by atoms with Gasteiger partial charge in [0.2, 0.25) is 0 Å². The lowest BCUT2D eigenvalue weighted by Gasteiger charge is -2.08. The molecule has 1 amide bonds. The monoisotopic (exact) mass is 270 g/mol. The molecule has 0 aliphatic rings. The van der Waals surface area contributed by atoms with Crippen LogP contribution in [0, 0.1) is 0 Å². The third-order valence-corrected chi connectivity index (χ3v) is 2.79. The van der Waals surface area contributed by atoms with Crippen molar-refractivity contribution >= 4 is 23.2 Å². The molecule has 0 unspecified atom stereocenters. The molecule has 0 saturated carbocycles. The Morgan fingerprint density at radius 1 is 1.44 bits per heavy atom. The number of rotatable bonds is 7. The first-order valence-electron chi connectivity index (χ1n) is 6.06. The van der Waals surface area contributed by atoms with Crippen LogP contribution in [-0.4, -0.2) is 25.7 Å². The van der Waals surface area contributed by atoms with Gasteiger partial charge < -0.3 is 15.8 Å². The van der Waals surface area contributed by atoms with Gasteiger partial charge in [-0.1, -0.05) is 24.6 Å². The number of carbonyl (C=O) groups excluding carboxylic acids is 1. The zero-order valence-corrected chi connectivity index (χ0v) is 11.3. The first-order chi connectivity index (χ1) is 8.66. The van der Waals surface area contributed by atoms with Crippen LogP contribution >= 0.6 is 11.6 Å². The van der Waals surface area contributed by atoms with E-state index in [2.05, 4.69) is 12.2 Å². The number of nitrogens with one attached hydrogen (secondary N) is 1. The molecule has 0 aliphatic carbocycles. The zero-order valence-electron chi connectivity index (χ0n) is 10.5. The average molecular weight is 271 g/mol. The minimum absolute atomic E-state index is 0.206. The van der Waals surface area contributed by atoms with E-state index in [1.807, 2.05) is 0 Å². The Morgan fingerprint density at radius 2 is 2.22 bits per heavy atom. The molecule has 0 fully saturated rings.